The first-order valence-corrected chi connectivity index (χ1v) is 2.99. The molecule has 0 radical (unpaired) electrons. The van der Waals surface area contributed by atoms with Crippen LogP contribution in [-0.2, 0) is 9.59 Å². The van der Waals surface area contributed by atoms with Crippen LogP contribution in [-0.4, -0.2) is 17.7 Å². The van der Waals surface area contributed by atoms with Crippen LogP contribution in [0.5, 0.6) is 0 Å². The summed E-state index contributed by atoms with van der Waals surface area (Å²) in [5.41, 5.74) is 0. The summed E-state index contributed by atoms with van der Waals surface area (Å²) in [6, 6.07) is -0.524. The normalized spacial score (nSPS) is 12.2. The van der Waals surface area contributed by atoms with E-state index in [0.29, 0.717) is 12.8 Å². The van der Waals surface area contributed by atoms with Crippen molar-refractivity contribution in [1.29, 1.82) is 0 Å². The molecule has 1 atom stereocenters. The quantitative estimate of drug-likeness (QED) is 0.461. The number of hydrogen-bond acceptors (Lipinski definition) is 2. The number of hydrogen-bond donors (Lipinski definition) is 1. The topological polar surface area (TPSA) is 46.2 Å². The SMILES string of the molecule is CC[C@@H](NC=O)C(=O)Cl. The van der Waals surface area contributed by atoms with Gasteiger partial charge < -0.3 is 5.32 Å². The lowest BCUT2D eigenvalue weighted by Crippen LogP contribution is -2.32. The second-order valence-corrected chi connectivity index (χ2v) is 1.92. The molecule has 0 rings (SSSR count). The maximum atomic E-state index is 10.3. The molecule has 0 aromatic heterocycles. The maximum Gasteiger partial charge on any atom is 0.243 e. The van der Waals surface area contributed by atoms with E-state index in [-0.39, 0.29) is 0 Å². The van der Waals surface area contributed by atoms with Crippen molar-refractivity contribution in [3.05, 3.63) is 0 Å². The molecule has 0 heterocycles. The van der Waals surface area contributed by atoms with Gasteiger partial charge in [-0.25, -0.2) is 0 Å². The fourth-order valence-electron chi connectivity index (χ4n) is 0.426. The van der Waals surface area contributed by atoms with Crippen molar-refractivity contribution in [3.8, 4) is 0 Å². The average molecular weight is 150 g/mol. The van der Waals surface area contributed by atoms with Crippen molar-refractivity contribution in [2.24, 2.45) is 0 Å². The van der Waals surface area contributed by atoms with Crippen LogP contribution in [0.2, 0.25) is 0 Å². The second kappa shape index (κ2) is 4.32. The van der Waals surface area contributed by atoms with Gasteiger partial charge in [0.05, 0.1) is 0 Å². The monoisotopic (exact) mass is 149 g/mol. The predicted molar refractivity (Wildman–Crippen MR) is 34.1 cm³/mol. The minimum Gasteiger partial charge on any atom is -0.348 e. The van der Waals surface area contributed by atoms with Crippen LogP contribution in [0.15, 0.2) is 0 Å². The minimum atomic E-state index is -0.524. The first-order valence-electron chi connectivity index (χ1n) is 2.61. The number of amides is 1. The first-order chi connectivity index (χ1) is 4.22. The van der Waals surface area contributed by atoms with Crippen LogP contribution in [0.3, 0.4) is 0 Å². The molecule has 0 unspecified atom stereocenters. The Morgan fingerprint density at radius 1 is 1.89 bits per heavy atom. The van der Waals surface area contributed by atoms with E-state index >= 15 is 0 Å². The molecule has 0 saturated carbocycles. The van der Waals surface area contributed by atoms with Gasteiger partial charge in [0.15, 0.2) is 0 Å². The summed E-state index contributed by atoms with van der Waals surface area (Å²) in [7, 11) is 0. The van der Waals surface area contributed by atoms with E-state index in [1.54, 1.807) is 6.92 Å². The van der Waals surface area contributed by atoms with Crippen molar-refractivity contribution in [1.82, 2.24) is 5.32 Å². The van der Waals surface area contributed by atoms with Crippen LogP contribution in [0.25, 0.3) is 0 Å². The summed E-state index contributed by atoms with van der Waals surface area (Å²) < 4.78 is 0. The molecule has 52 valence electrons. The molecule has 0 aromatic carbocycles. The first kappa shape index (κ1) is 8.43. The lowest BCUT2D eigenvalue weighted by Gasteiger charge is -2.05. The summed E-state index contributed by atoms with van der Waals surface area (Å²) in [5, 5.41) is 1.75. The van der Waals surface area contributed by atoms with E-state index in [1.807, 2.05) is 0 Å². The summed E-state index contributed by atoms with van der Waals surface area (Å²) in [6.07, 6.45) is 0.996. The van der Waals surface area contributed by atoms with E-state index in [1.165, 1.54) is 0 Å². The number of nitrogens with one attached hydrogen (secondary N) is 1. The molecule has 0 aliphatic rings. The number of rotatable bonds is 4. The van der Waals surface area contributed by atoms with Gasteiger partial charge >= 0.3 is 0 Å². The van der Waals surface area contributed by atoms with Crippen molar-refractivity contribution in [2.45, 2.75) is 19.4 Å². The zero-order valence-corrected chi connectivity index (χ0v) is 5.81. The number of halogens is 1. The standard InChI is InChI=1S/C5H8ClNO2/c1-2-4(5(6)9)7-3-8/h3-4H,2H2,1H3,(H,7,8)/t4-/m1/s1. The largest absolute Gasteiger partial charge is 0.348 e. The Bertz CT molecular complexity index is 116. The van der Waals surface area contributed by atoms with Crippen molar-refractivity contribution in [2.75, 3.05) is 0 Å². The van der Waals surface area contributed by atoms with E-state index < -0.39 is 11.3 Å². The average Bonchev–Trinajstić information content (AvgIpc) is 1.82. The van der Waals surface area contributed by atoms with Gasteiger partial charge in [0.2, 0.25) is 11.7 Å². The molecule has 0 aliphatic carbocycles. The lowest BCUT2D eigenvalue weighted by molar-refractivity contribution is -0.117. The van der Waals surface area contributed by atoms with Crippen molar-refractivity contribution in [3.63, 3.8) is 0 Å². The number of carbonyl (C=O) groups is 2. The molecule has 1 N–H and O–H groups in total. The minimum absolute atomic E-state index is 0.467. The van der Waals surface area contributed by atoms with Crippen molar-refractivity contribution >= 4 is 23.3 Å². The van der Waals surface area contributed by atoms with Crippen LogP contribution in [0.1, 0.15) is 13.3 Å². The highest BCUT2D eigenvalue weighted by atomic mass is 35.5. The van der Waals surface area contributed by atoms with Gasteiger partial charge in [0, 0.05) is 0 Å². The molecule has 4 heteroatoms. The van der Waals surface area contributed by atoms with Gasteiger partial charge in [-0.2, -0.15) is 0 Å². The van der Waals surface area contributed by atoms with Gasteiger partial charge in [-0.1, -0.05) is 6.92 Å². The highest BCUT2D eigenvalue weighted by molar-refractivity contribution is 6.64. The predicted octanol–water partition coefficient (Wildman–Crippen LogP) is 0.276. The zero-order chi connectivity index (χ0) is 7.28. The Labute approximate surface area is 58.4 Å². The van der Waals surface area contributed by atoms with Crippen molar-refractivity contribution < 1.29 is 9.59 Å². The second-order valence-electron chi connectivity index (χ2n) is 1.55. The zero-order valence-electron chi connectivity index (χ0n) is 5.06. The van der Waals surface area contributed by atoms with E-state index in [4.69, 9.17) is 11.6 Å². The molecule has 0 bridgehead atoms. The third kappa shape index (κ3) is 3.08. The fraction of sp³-hybridized carbons (Fsp3) is 0.600. The van der Waals surface area contributed by atoms with Crippen LogP contribution in [0.4, 0.5) is 0 Å². The molecule has 9 heavy (non-hydrogen) atoms. The van der Waals surface area contributed by atoms with E-state index in [9.17, 15) is 9.59 Å². The third-order valence-electron chi connectivity index (χ3n) is 0.951. The summed E-state index contributed by atoms with van der Waals surface area (Å²) in [4.78, 5) is 20.1. The summed E-state index contributed by atoms with van der Waals surface area (Å²) in [5.74, 6) is 0. The molecule has 0 spiro atoms. The highest BCUT2D eigenvalue weighted by Gasteiger charge is 2.10. The molecule has 0 aromatic rings. The Kier molecular flexibility index (Phi) is 4.05. The van der Waals surface area contributed by atoms with Gasteiger partial charge in [-0.3, -0.25) is 9.59 Å². The Hall–Kier alpha value is -0.570. The van der Waals surface area contributed by atoms with E-state index in [0.717, 1.165) is 0 Å². The third-order valence-corrected chi connectivity index (χ3v) is 1.21. The van der Waals surface area contributed by atoms with Gasteiger partial charge in [0.1, 0.15) is 6.04 Å². The van der Waals surface area contributed by atoms with E-state index in [2.05, 4.69) is 5.32 Å². The molecular formula is C5H8ClNO2. The molecular weight excluding hydrogens is 142 g/mol. The van der Waals surface area contributed by atoms with Gasteiger partial charge in [0.25, 0.3) is 0 Å². The maximum absolute atomic E-state index is 10.3. The highest BCUT2D eigenvalue weighted by Crippen LogP contribution is 1.94. The smallest absolute Gasteiger partial charge is 0.243 e. The molecule has 0 fully saturated rings. The van der Waals surface area contributed by atoms with Crippen LogP contribution >= 0.6 is 11.6 Å². The summed E-state index contributed by atoms with van der Waals surface area (Å²) >= 11 is 5.06. The molecule has 0 saturated heterocycles. The Balaban J connectivity index is 3.67. The fourth-order valence-corrected chi connectivity index (χ4v) is 0.643. The van der Waals surface area contributed by atoms with Gasteiger partial charge in [-0.05, 0) is 18.0 Å². The molecule has 1 amide bonds. The van der Waals surface area contributed by atoms with Crippen LogP contribution in [0, 0.1) is 0 Å². The summed E-state index contributed by atoms with van der Waals surface area (Å²) in [6.45, 7) is 1.77. The lowest BCUT2D eigenvalue weighted by atomic mass is 10.2. The number of carbonyl (C=O) groups excluding carboxylic acids is 2. The van der Waals surface area contributed by atoms with Crippen LogP contribution < -0.4 is 5.32 Å². The molecule has 3 nitrogen and oxygen atoms in total. The Morgan fingerprint density at radius 2 is 2.44 bits per heavy atom. The molecule has 0 aliphatic heterocycles. The van der Waals surface area contributed by atoms with Gasteiger partial charge in [-0.15, -0.1) is 0 Å². The Morgan fingerprint density at radius 3 is 2.56 bits per heavy atom.